The van der Waals surface area contributed by atoms with E-state index < -0.39 is 0 Å². The number of nitrogens with zero attached hydrogens (tertiary/aromatic N) is 5. The first-order valence-electron chi connectivity index (χ1n) is 7.24. The fourth-order valence-electron chi connectivity index (χ4n) is 1.49. The van der Waals surface area contributed by atoms with Gasteiger partial charge in [-0.15, -0.1) is 0 Å². The van der Waals surface area contributed by atoms with Crippen LogP contribution in [0.2, 0.25) is 0 Å². The molecule has 22 heavy (non-hydrogen) atoms. The number of aromatic nitrogens is 4. The third kappa shape index (κ3) is 5.75. The largest absolute Gasteiger partial charge is 0.261 e. The van der Waals surface area contributed by atoms with Crippen LogP contribution in [-0.2, 0) is 0 Å². The second-order valence-electron chi connectivity index (χ2n) is 3.92. The average Bonchev–Trinajstić information content (AvgIpc) is 2.57. The predicted molar refractivity (Wildman–Crippen MR) is 90.7 cm³/mol. The van der Waals surface area contributed by atoms with E-state index in [0.29, 0.717) is 17.5 Å². The van der Waals surface area contributed by atoms with Gasteiger partial charge in [0.1, 0.15) is 11.5 Å². The van der Waals surface area contributed by atoms with Gasteiger partial charge < -0.3 is 0 Å². The van der Waals surface area contributed by atoms with Crippen LogP contribution in [0.5, 0.6) is 0 Å². The van der Waals surface area contributed by atoms with Crippen LogP contribution in [0.1, 0.15) is 32.4 Å². The standard InChI is InChI=1S/C15H15N5.C2H6/c1-3-4-6-9-16-11-14-18-12(2)19-15(20-14)13-8-5-7-10-17-13;1-2/h3-11H,1-2H3;1-2H3/b4-3-,9-6-,16-11?;. The Morgan fingerprint density at radius 3 is 2.55 bits per heavy atom. The van der Waals surface area contributed by atoms with E-state index in [4.69, 9.17) is 0 Å². The van der Waals surface area contributed by atoms with Gasteiger partial charge in [0.15, 0.2) is 11.6 Å². The summed E-state index contributed by atoms with van der Waals surface area (Å²) in [6.07, 6.45) is 10.7. The summed E-state index contributed by atoms with van der Waals surface area (Å²) < 4.78 is 0. The molecule has 5 heteroatoms. The highest BCUT2D eigenvalue weighted by Gasteiger charge is 2.05. The van der Waals surface area contributed by atoms with Gasteiger partial charge in [0, 0.05) is 12.4 Å². The van der Waals surface area contributed by atoms with Gasteiger partial charge in [-0.25, -0.2) is 15.0 Å². The first-order chi connectivity index (χ1) is 10.8. The number of allylic oxidation sites excluding steroid dienone is 3. The second kappa shape index (κ2) is 10.1. The molecule has 0 radical (unpaired) electrons. The van der Waals surface area contributed by atoms with Gasteiger partial charge in [0.05, 0.1) is 6.21 Å². The van der Waals surface area contributed by atoms with Crippen molar-refractivity contribution in [3.63, 3.8) is 0 Å². The zero-order valence-corrected chi connectivity index (χ0v) is 13.4. The molecule has 114 valence electrons. The van der Waals surface area contributed by atoms with Crippen molar-refractivity contribution in [3.8, 4) is 11.5 Å². The van der Waals surface area contributed by atoms with Gasteiger partial charge in [-0.1, -0.05) is 32.1 Å². The molecule has 0 amide bonds. The molecule has 0 unspecified atom stereocenters. The summed E-state index contributed by atoms with van der Waals surface area (Å²) in [4.78, 5) is 21.2. The molecule has 2 aromatic rings. The second-order valence-corrected chi connectivity index (χ2v) is 3.92. The normalized spacial score (nSPS) is 11.1. The van der Waals surface area contributed by atoms with Crippen molar-refractivity contribution in [1.82, 2.24) is 19.9 Å². The van der Waals surface area contributed by atoms with Crippen LogP contribution in [0.4, 0.5) is 0 Å². The Kier molecular flexibility index (Phi) is 7.97. The maximum absolute atomic E-state index is 4.34. The fourth-order valence-corrected chi connectivity index (χ4v) is 1.49. The summed E-state index contributed by atoms with van der Waals surface area (Å²) in [5, 5.41) is 0. The number of aliphatic imine (C=N–C) groups is 1. The molecule has 5 nitrogen and oxygen atoms in total. The first-order valence-corrected chi connectivity index (χ1v) is 7.24. The van der Waals surface area contributed by atoms with Crippen LogP contribution in [0.15, 0.2) is 53.8 Å². The molecule has 0 aliphatic carbocycles. The molecular weight excluding hydrogens is 274 g/mol. The van der Waals surface area contributed by atoms with E-state index in [1.165, 1.54) is 0 Å². The Hall–Kier alpha value is -2.69. The Labute approximate surface area is 131 Å². The van der Waals surface area contributed by atoms with Gasteiger partial charge in [-0.05, 0) is 32.1 Å². The number of hydrogen-bond acceptors (Lipinski definition) is 5. The summed E-state index contributed by atoms with van der Waals surface area (Å²) >= 11 is 0. The molecule has 0 N–H and O–H groups in total. The molecule has 0 aromatic carbocycles. The molecule has 0 atom stereocenters. The molecule has 0 aliphatic rings. The SMILES string of the molecule is C/C=C\C=C/N=Cc1nc(C)nc(-c2ccccn2)n1.CC. The van der Waals surface area contributed by atoms with Crippen LogP contribution in [0, 0.1) is 6.92 Å². The van der Waals surface area contributed by atoms with Gasteiger partial charge in [-0.2, -0.15) is 0 Å². The Morgan fingerprint density at radius 1 is 1.05 bits per heavy atom. The van der Waals surface area contributed by atoms with Crippen molar-refractivity contribution in [1.29, 1.82) is 0 Å². The topological polar surface area (TPSA) is 63.9 Å². The minimum Gasteiger partial charge on any atom is -0.261 e. The van der Waals surface area contributed by atoms with Crippen LogP contribution in [-0.4, -0.2) is 26.2 Å². The van der Waals surface area contributed by atoms with E-state index in [-0.39, 0.29) is 0 Å². The number of hydrogen-bond donors (Lipinski definition) is 0. The monoisotopic (exact) mass is 295 g/mol. The lowest BCUT2D eigenvalue weighted by Crippen LogP contribution is -2.02. The molecule has 0 fully saturated rings. The van der Waals surface area contributed by atoms with E-state index in [9.17, 15) is 0 Å². The van der Waals surface area contributed by atoms with E-state index >= 15 is 0 Å². The Morgan fingerprint density at radius 2 is 1.86 bits per heavy atom. The van der Waals surface area contributed by atoms with Gasteiger partial charge in [0.2, 0.25) is 0 Å². The van der Waals surface area contributed by atoms with Crippen molar-refractivity contribution in [3.05, 3.63) is 60.5 Å². The molecular formula is C17H21N5. The van der Waals surface area contributed by atoms with Crippen LogP contribution >= 0.6 is 0 Å². The van der Waals surface area contributed by atoms with Gasteiger partial charge >= 0.3 is 0 Å². The quantitative estimate of drug-likeness (QED) is 0.636. The fraction of sp³-hybridized carbons (Fsp3) is 0.235. The lowest BCUT2D eigenvalue weighted by molar-refractivity contribution is 0.964. The lowest BCUT2D eigenvalue weighted by Gasteiger charge is -2.01. The minimum absolute atomic E-state index is 0.517. The predicted octanol–water partition coefficient (Wildman–Crippen LogP) is 3.78. The summed E-state index contributed by atoms with van der Waals surface area (Å²) in [7, 11) is 0. The lowest BCUT2D eigenvalue weighted by atomic mass is 10.3. The van der Waals surface area contributed by atoms with E-state index in [0.717, 1.165) is 5.69 Å². The molecule has 0 saturated carbocycles. The van der Waals surface area contributed by atoms with E-state index in [1.54, 1.807) is 18.6 Å². The third-order valence-corrected chi connectivity index (χ3v) is 2.32. The molecule has 0 aliphatic heterocycles. The number of rotatable bonds is 4. The summed E-state index contributed by atoms with van der Waals surface area (Å²) in [6.45, 7) is 7.77. The number of aryl methyl sites for hydroxylation is 1. The zero-order chi connectivity index (χ0) is 16.2. The van der Waals surface area contributed by atoms with E-state index in [2.05, 4.69) is 24.9 Å². The van der Waals surface area contributed by atoms with Crippen LogP contribution in [0.3, 0.4) is 0 Å². The van der Waals surface area contributed by atoms with Crippen molar-refractivity contribution in [2.75, 3.05) is 0 Å². The highest BCUT2D eigenvalue weighted by molar-refractivity contribution is 5.75. The molecule has 2 rings (SSSR count). The molecule has 0 saturated heterocycles. The summed E-state index contributed by atoms with van der Waals surface area (Å²) in [6, 6.07) is 5.61. The van der Waals surface area contributed by atoms with Crippen molar-refractivity contribution in [2.24, 2.45) is 4.99 Å². The highest BCUT2D eigenvalue weighted by atomic mass is 15.0. The molecule has 2 heterocycles. The maximum Gasteiger partial charge on any atom is 0.182 e. The zero-order valence-electron chi connectivity index (χ0n) is 13.4. The maximum atomic E-state index is 4.34. The molecule has 2 aromatic heterocycles. The molecule has 0 bridgehead atoms. The minimum atomic E-state index is 0.517. The van der Waals surface area contributed by atoms with Crippen molar-refractivity contribution in [2.45, 2.75) is 27.7 Å². The third-order valence-electron chi connectivity index (χ3n) is 2.32. The van der Waals surface area contributed by atoms with Crippen LogP contribution < -0.4 is 0 Å². The number of pyridine rings is 1. The smallest absolute Gasteiger partial charge is 0.182 e. The highest BCUT2D eigenvalue weighted by Crippen LogP contribution is 2.10. The van der Waals surface area contributed by atoms with Gasteiger partial charge in [0.25, 0.3) is 0 Å². The Balaban J connectivity index is 0.00000116. The Bertz CT molecular complexity index is 645. The molecule has 0 spiro atoms. The van der Waals surface area contributed by atoms with E-state index in [1.807, 2.05) is 64.1 Å². The summed E-state index contributed by atoms with van der Waals surface area (Å²) in [5.74, 6) is 1.71. The van der Waals surface area contributed by atoms with Crippen molar-refractivity contribution >= 4 is 6.21 Å². The van der Waals surface area contributed by atoms with Crippen LogP contribution in [0.25, 0.3) is 11.5 Å². The van der Waals surface area contributed by atoms with Crippen molar-refractivity contribution < 1.29 is 0 Å². The summed E-state index contributed by atoms with van der Waals surface area (Å²) in [5.41, 5.74) is 0.720. The van der Waals surface area contributed by atoms with Gasteiger partial charge in [-0.3, -0.25) is 9.98 Å². The average molecular weight is 295 g/mol. The first kappa shape index (κ1) is 17.4.